The third-order valence-electron chi connectivity index (χ3n) is 4.07. The van der Waals surface area contributed by atoms with Crippen LogP contribution in [0.1, 0.15) is 38.3 Å². The molecule has 1 N–H and O–H groups in total. The van der Waals surface area contributed by atoms with Crippen LogP contribution in [0, 0.1) is 12.7 Å². The minimum Gasteiger partial charge on any atom is -0.352 e. The highest BCUT2D eigenvalue weighted by molar-refractivity contribution is 6.21. The Bertz CT molecular complexity index is 863. The molecule has 0 radical (unpaired) electrons. The lowest BCUT2D eigenvalue weighted by Gasteiger charge is -2.13. The third kappa shape index (κ3) is 3.57. The van der Waals surface area contributed by atoms with Crippen molar-refractivity contribution in [2.45, 2.75) is 19.9 Å². The van der Waals surface area contributed by atoms with Gasteiger partial charge in [0, 0.05) is 19.5 Å². The molecule has 2 aromatic carbocycles. The molecule has 1 aliphatic heterocycles. The molecule has 3 amide bonds. The number of rotatable bonds is 5. The first-order chi connectivity index (χ1) is 12.0. The Kier molecular flexibility index (Phi) is 4.61. The molecule has 0 fully saturated rings. The molecule has 1 heterocycles. The number of carbonyl (C=O) groups excluding carboxylic acids is 3. The second-order valence-electron chi connectivity index (χ2n) is 5.97. The number of aryl methyl sites for hydroxylation is 1. The van der Waals surface area contributed by atoms with Gasteiger partial charge < -0.3 is 5.32 Å². The van der Waals surface area contributed by atoms with Gasteiger partial charge in [-0.05, 0) is 36.8 Å². The summed E-state index contributed by atoms with van der Waals surface area (Å²) in [5.74, 6) is -1.43. The smallest absolute Gasteiger partial charge is 0.261 e. The van der Waals surface area contributed by atoms with Crippen LogP contribution in [0.2, 0.25) is 0 Å². The van der Waals surface area contributed by atoms with Gasteiger partial charge in [-0.25, -0.2) is 4.39 Å². The highest BCUT2D eigenvalue weighted by atomic mass is 19.1. The van der Waals surface area contributed by atoms with Gasteiger partial charge in [0.25, 0.3) is 11.8 Å². The van der Waals surface area contributed by atoms with Crippen molar-refractivity contribution in [1.82, 2.24) is 10.2 Å². The molecular weight excluding hydrogens is 323 g/mol. The molecule has 5 nitrogen and oxygen atoms in total. The van der Waals surface area contributed by atoms with E-state index >= 15 is 0 Å². The van der Waals surface area contributed by atoms with Crippen molar-refractivity contribution in [3.63, 3.8) is 0 Å². The van der Waals surface area contributed by atoms with Gasteiger partial charge >= 0.3 is 0 Å². The molecule has 0 saturated heterocycles. The van der Waals surface area contributed by atoms with Crippen LogP contribution >= 0.6 is 0 Å². The maximum absolute atomic E-state index is 13.1. The Labute approximate surface area is 144 Å². The van der Waals surface area contributed by atoms with Crippen molar-refractivity contribution in [3.05, 3.63) is 70.5 Å². The molecule has 3 rings (SSSR count). The molecular formula is C19H17FN2O3. The minimum atomic E-state index is -0.377. The van der Waals surface area contributed by atoms with Crippen molar-refractivity contribution in [2.24, 2.45) is 0 Å². The number of hydrogen-bond donors (Lipinski definition) is 1. The number of hydrogen-bond acceptors (Lipinski definition) is 3. The van der Waals surface area contributed by atoms with Gasteiger partial charge in [-0.1, -0.05) is 23.8 Å². The van der Waals surface area contributed by atoms with E-state index in [-0.39, 0.29) is 43.0 Å². The summed E-state index contributed by atoms with van der Waals surface area (Å²) in [6.07, 6.45) is -0.000232. The first-order valence-corrected chi connectivity index (χ1v) is 7.93. The van der Waals surface area contributed by atoms with Crippen molar-refractivity contribution in [2.75, 3.05) is 6.54 Å². The molecule has 0 unspecified atom stereocenters. The maximum atomic E-state index is 13.1. The van der Waals surface area contributed by atoms with E-state index in [1.807, 2.05) is 6.92 Å². The third-order valence-corrected chi connectivity index (χ3v) is 4.07. The summed E-state index contributed by atoms with van der Waals surface area (Å²) in [6, 6.07) is 11.0. The standard InChI is InChI=1S/C19H17FN2O3/c1-12-5-6-15-16(9-12)19(25)22(18(15)24)8-7-17(23)21-11-13-3-2-4-14(20)10-13/h2-6,9-10H,7-8,11H2,1H3,(H,21,23). The monoisotopic (exact) mass is 340 g/mol. The molecule has 0 aliphatic carbocycles. The van der Waals surface area contributed by atoms with Crippen molar-refractivity contribution in [3.8, 4) is 0 Å². The zero-order chi connectivity index (χ0) is 18.0. The van der Waals surface area contributed by atoms with Gasteiger partial charge in [0.2, 0.25) is 5.91 Å². The zero-order valence-corrected chi connectivity index (χ0v) is 13.7. The van der Waals surface area contributed by atoms with Crippen LogP contribution in [0.15, 0.2) is 42.5 Å². The average Bonchev–Trinajstić information content (AvgIpc) is 2.82. The molecule has 6 heteroatoms. The van der Waals surface area contributed by atoms with Crippen LogP contribution in [0.5, 0.6) is 0 Å². The number of fused-ring (bicyclic) bond motifs is 1. The van der Waals surface area contributed by atoms with Gasteiger partial charge in [-0.3, -0.25) is 19.3 Å². The normalized spacial score (nSPS) is 13.1. The van der Waals surface area contributed by atoms with Gasteiger partial charge in [0.05, 0.1) is 11.1 Å². The predicted octanol–water partition coefficient (Wildman–Crippen LogP) is 2.44. The molecule has 128 valence electrons. The summed E-state index contributed by atoms with van der Waals surface area (Å²) >= 11 is 0. The zero-order valence-electron chi connectivity index (χ0n) is 13.7. The molecule has 1 aliphatic rings. The molecule has 0 aromatic heterocycles. The average molecular weight is 340 g/mol. The van der Waals surface area contributed by atoms with Crippen LogP contribution < -0.4 is 5.32 Å². The molecule has 2 aromatic rings. The largest absolute Gasteiger partial charge is 0.352 e. The Hall–Kier alpha value is -3.02. The molecule has 0 atom stereocenters. The van der Waals surface area contributed by atoms with Crippen LogP contribution in [0.25, 0.3) is 0 Å². The van der Waals surface area contributed by atoms with E-state index in [0.29, 0.717) is 16.7 Å². The lowest BCUT2D eigenvalue weighted by atomic mass is 10.1. The fourth-order valence-corrected chi connectivity index (χ4v) is 2.76. The van der Waals surface area contributed by atoms with E-state index < -0.39 is 0 Å². The fraction of sp³-hybridized carbons (Fsp3) is 0.211. The molecule has 0 bridgehead atoms. The number of halogens is 1. The Morgan fingerprint density at radius 1 is 1.08 bits per heavy atom. The number of nitrogens with one attached hydrogen (secondary N) is 1. The van der Waals surface area contributed by atoms with Crippen LogP contribution in [-0.4, -0.2) is 29.2 Å². The topological polar surface area (TPSA) is 66.5 Å². The lowest BCUT2D eigenvalue weighted by molar-refractivity contribution is -0.121. The number of carbonyl (C=O) groups is 3. The van der Waals surface area contributed by atoms with E-state index in [2.05, 4.69) is 5.32 Å². The van der Waals surface area contributed by atoms with E-state index in [9.17, 15) is 18.8 Å². The van der Waals surface area contributed by atoms with E-state index in [1.54, 1.807) is 30.3 Å². The summed E-state index contributed by atoms with van der Waals surface area (Å²) < 4.78 is 13.1. The summed E-state index contributed by atoms with van der Waals surface area (Å²) in [7, 11) is 0. The number of nitrogens with zero attached hydrogens (tertiary/aromatic N) is 1. The highest BCUT2D eigenvalue weighted by Crippen LogP contribution is 2.23. The highest BCUT2D eigenvalue weighted by Gasteiger charge is 2.35. The van der Waals surface area contributed by atoms with E-state index in [1.165, 1.54) is 12.1 Å². The van der Waals surface area contributed by atoms with Crippen LogP contribution in [-0.2, 0) is 11.3 Å². The van der Waals surface area contributed by atoms with Crippen molar-refractivity contribution >= 4 is 17.7 Å². The Morgan fingerprint density at radius 2 is 1.84 bits per heavy atom. The Morgan fingerprint density at radius 3 is 2.60 bits per heavy atom. The SMILES string of the molecule is Cc1ccc2c(c1)C(=O)N(CCC(=O)NCc1cccc(F)c1)C2=O. The first kappa shape index (κ1) is 16.8. The van der Waals surface area contributed by atoms with Gasteiger partial charge in [-0.15, -0.1) is 0 Å². The second-order valence-corrected chi connectivity index (χ2v) is 5.97. The van der Waals surface area contributed by atoms with Crippen molar-refractivity contribution < 1.29 is 18.8 Å². The second kappa shape index (κ2) is 6.84. The number of imide groups is 1. The molecule has 0 saturated carbocycles. The predicted molar refractivity (Wildman–Crippen MR) is 89.4 cm³/mol. The first-order valence-electron chi connectivity index (χ1n) is 7.93. The number of benzene rings is 2. The van der Waals surface area contributed by atoms with E-state index in [4.69, 9.17) is 0 Å². The summed E-state index contributed by atoms with van der Waals surface area (Å²) in [6.45, 7) is 2.05. The van der Waals surface area contributed by atoms with Gasteiger partial charge in [-0.2, -0.15) is 0 Å². The van der Waals surface area contributed by atoms with E-state index in [0.717, 1.165) is 10.5 Å². The quantitative estimate of drug-likeness (QED) is 0.850. The molecule has 0 spiro atoms. The van der Waals surface area contributed by atoms with Crippen LogP contribution in [0.4, 0.5) is 4.39 Å². The summed E-state index contributed by atoms with van der Waals surface area (Å²) in [5.41, 5.74) is 2.29. The van der Waals surface area contributed by atoms with Gasteiger partial charge in [0.15, 0.2) is 0 Å². The molecule has 25 heavy (non-hydrogen) atoms. The Balaban J connectivity index is 1.56. The minimum absolute atomic E-state index is 0.000232. The van der Waals surface area contributed by atoms with Gasteiger partial charge in [0.1, 0.15) is 5.82 Å². The van der Waals surface area contributed by atoms with Crippen molar-refractivity contribution in [1.29, 1.82) is 0 Å². The van der Waals surface area contributed by atoms with Crippen LogP contribution in [0.3, 0.4) is 0 Å². The lowest BCUT2D eigenvalue weighted by Crippen LogP contribution is -2.34. The number of amides is 3. The maximum Gasteiger partial charge on any atom is 0.261 e. The summed E-state index contributed by atoms with van der Waals surface area (Å²) in [5, 5.41) is 2.66. The summed E-state index contributed by atoms with van der Waals surface area (Å²) in [4.78, 5) is 37.6. The fourth-order valence-electron chi connectivity index (χ4n) is 2.76.